The smallest absolute Gasteiger partial charge is 0.322 e. The number of ether oxygens (including phenoxy) is 2. The third kappa shape index (κ3) is 5.05. The topological polar surface area (TPSA) is 97.8 Å². The lowest BCUT2D eigenvalue weighted by atomic mass is 10.1. The van der Waals surface area contributed by atoms with Crippen LogP contribution in [0.3, 0.4) is 0 Å². The Kier molecular flexibility index (Phi) is 6.57. The first-order valence-corrected chi connectivity index (χ1v) is 9.52. The van der Waals surface area contributed by atoms with E-state index >= 15 is 0 Å². The van der Waals surface area contributed by atoms with Crippen LogP contribution in [0.1, 0.15) is 5.69 Å². The monoisotopic (exact) mass is 400 g/mol. The first kappa shape index (κ1) is 19.8. The summed E-state index contributed by atoms with van der Waals surface area (Å²) in [4.78, 5) is 26.8. The van der Waals surface area contributed by atoms with Crippen LogP contribution in [0.5, 0.6) is 5.75 Å². The maximum atomic E-state index is 11.8. The Morgan fingerprint density at radius 2 is 2.07 bits per heavy atom. The largest absolute Gasteiger partial charge is 0.491 e. The summed E-state index contributed by atoms with van der Waals surface area (Å²) in [5, 5.41) is 15.6. The van der Waals surface area contributed by atoms with Gasteiger partial charge in [0.2, 0.25) is 5.91 Å². The first-order chi connectivity index (χ1) is 13.6. The van der Waals surface area contributed by atoms with E-state index in [1.165, 1.54) is 11.3 Å². The molecule has 7 nitrogen and oxygen atoms in total. The number of amides is 1. The van der Waals surface area contributed by atoms with E-state index in [1.54, 1.807) is 12.5 Å². The van der Waals surface area contributed by atoms with Gasteiger partial charge >= 0.3 is 5.97 Å². The van der Waals surface area contributed by atoms with Crippen molar-refractivity contribution in [1.29, 1.82) is 0 Å². The molecule has 146 valence electrons. The van der Waals surface area contributed by atoms with Crippen molar-refractivity contribution in [2.45, 2.75) is 6.42 Å². The summed E-state index contributed by atoms with van der Waals surface area (Å²) >= 11 is 1.44. The number of carboxylic acids is 1. The fourth-order valence-corrected chi connectivity index (χ4v) is 3.48. The second-order valence-electron chi connectivity index (χ2n) is 6.02. The Labute approximate surface area is 165 Å². The van der Waals surface area contributed by atoms with E-state index in [0.29, 0.717) is 18.9 Å². The van der Waals surface area contributed by atoms with Gasteiger partial charge in [0.05, 0.1) is 18.7 Å². The molecule has 8 heteroatoms. The zero-order valence-corrected chi connectivity index (χ0v) is 16.1. The number of nitrogens with one attached hydrogen (secondary N) is 1. The molecule has 28 heavy (non-hydrogen) atoms. The molecular formula is C20H20N2O5S. The van der Waals surface area contributed by atoms with Gasteiger partial charge < -0.3 is 19.9 Å². The normalized spacial score (nSPS) is 10.8. The molecule has 3 rings (SSSR count). The molecule has 0 aliphatic rings. The molecule has 0 saturated carbocycles. The van der Waals surface area contributed by atoms with E-state index in [9.17, 15) is 9.59 Å². The molecule has 3 aromatic rings. The molecule has 1 amide bonds. The van der Waals surface area contributed by atoms with Gasteiger partial charge in [-0.2, -0.15) is 0 Å². The van der Waals surface area contributed by atoms with E-state index in [4.69, 9.17) is 14.6 Å². The van der Waals surface area contributed by atoms with Crippen LogP contribution in [0.4, 0.5) is 0 Å². The van der Waals surface area contributed by atoms with Crippen molar-refractivity contribution in [3.63, 3.8) is 0 Å². The van der Waals surface area contributed by atoms with Crippen molar-refractivity contribution < 1.29 is 24.2 Å². The number of rotatable bonds is 9. The lowest BCUT2D eigenvalue weighted by Crippen LogP contribution is -2.30. The number of nitrogens with zero attached hydrogens (tertiary/aromatic N) is 1. The Morgan fingerprint density at radius 3 is 2.86 bits per heavy atom. The Bertz CT molecular complexity index is 986. The van der Waals surface area contributed by atoms with Gasteiger partial charge in [0.1, 0.15) is 23.9 Å². The molecule has 0 aliphatic carbocycles. The minimum absolute atomic E-state index is 0.0444. The molecule has 0 saturated heterocycles. The molecule has 0 aliphatic heterocycles. The quantitative estimate of drug-likeness (QED) is 0.536. The number of aliphatic carboxylic acids is 1. The summed E-state index contributed by atoms with van der Waals surface area (Å²) in [6, 6.07) is 11.9. The summed E-state index contributed by atoms with van der Waals surface area (Å²) in [6.07, 6.45) is 0.0444. The highest BCUT2D eigenvalue weighted by atomic mass is 32.1. The summed E-state index contributed by atoms with van der Waals surface area (Å²) in [5.41, 5.74) is 1.53. The zero-order valence-electron chi connectivity index (χ0n) is 15.3. The van der Waals surface area contributed by atoms with Crippen LogP contribution in [0.15, 0.2) is 41.8 Å². The van der Waals surface area contributed by atoms with Crippen molar-refractivity contribution in [2.75, 3.05) is 26.9 Å². The lowest BCUT2D eigenvalue weighted by Gasteiger charge is -2.10. The van der Waals surface area contributed by atoms with Gasteiger partial charge in [0.15, 0.2) is 0 Å². The van der Waals surface area contributed by atoms with E-state index in [1.807, 2.05) is 36.4 Å². The first-order valence-electron chi connectivity index (χ1n) is 8.64. The van der Waals surface area contributed by atoms with Crippen molar-refractivity contribution in [3.8, 4) is 16.3 Å². The van der Waals surface area contributed by atoms with Gasteiger partial charge in [-0.15, -0.1) is 11.3 Å². The maximum Gasteiger partial charge on any atom is 0.322 e. The number of thiazole rings is 1. The van der Waals surface area contributed by atoms with Crippen LogP contribution in [0, 0.1) is 0 Å². The number of carboxylic acid groups (broad SMARTS) is 1. The van der Waals surface area contributed by atoms with Crippen molar-refractivity contribution in [1.82, 2.24) is 10.3 Å². The minimum Gasteiger partial charge on any atom is -0.491 e. The average molecular weight is 400 g/mol. The molecule has 1 heterocycles. The van der Waals surface area contributed by atoms with Gasteiger partial charge in [-0.25, -0.2) is 4.98 Å². The molecule has 0 spiro atoms. The predicted molar refractivity (Wildman–Crippen MR) is 107 cm³/mol. The summed E-state index contributed by atoms with van der Waals surface area (Å²) in [6.45, 7) is 0.578. The molecule has 0 bridgehead atoms. The van der Waals surface area contributed by atoms with Gasteiger partial charge in [0.25, 0.3) is 0 Å². The SMILES string of the molecule is COCCOc1cccc2ccc(-c3nc(CC(=O)NCC(=O)O)cs3)cc12. The average Bonchev–Trinajstić information content (AvgIpc) is 3.15. The van der Waals surface area contributed by atoms with Crippen LogP contribution in [0.25, 0.3) is 21.3 Å². The lowest BCUT2D eigenvalue weighted by molar-refractivity contribution is -0.137. The highest BCUT2D eigenvalue weighted by Crippen LogP contribution is 2.32. The van der Waals surface area contributed by atoms with Crippen LogP contribution < -0.4 is 10.1 Å². The highest BCUT2D eigenvalue weighted by Gasteiger charge is 2.11. The molecule has 0 fully saturated rings. The molecule has 2 N–H and O–H groups in total. The molecule has 1 aromatic heterocycles. The Morgan fingerprint density at radius 1 is 1.21 bits per heavy atom. The number of fused-ring (bicyclic) bond motifs is 1. The van der Waals surface area contributed by atoms with Crippen LogP contribution in [0.2, 0.25) is 0 Å². The minimum atomic E-state index is -1.08. The molecule has 0 atom stereocenters. The van der Waals surface area contributed by atoms with E-state index in [0.717, 1.165) is 27.1 Å². The zero-order chi connectivity index (χ0) is 19.9. The van der Waals surface area contributed by atoms with Gasteiger partial charge in [-0.05, 0) is 17.5 Å². The second-order valence-corrected chi connectivity index (χ2v) is 6.88. The fraction of sp³-hybridized carbons (Fsp3) is 0.250. The molecule has 2 aromatic carbocycles. The summed E-state index contributed by atoms with van der Waals surface area (Å²) in [5.74, 6) is -0.667. The van der Waals surface area contributed by atoms with Crippen molar-refractivity contribution in [3.05, 3.63) is 47.5 Å². The fourth-order valence-electron chi connectivity index (χ4n) is 2.66. The van der Waals surface area contributed by atoms with Crippen molar-refractivity contribution in [2.24, 2.45) is 0 Å². The molecule has 0 radical (unpaired) electrons. The van der Waals surface area contributed by atoms with E-state index in [-0.39, 0.29) is 12.3 Å². The number of hydrogen-bond acceptors (Lipinski definition) is 6. The van der Waals surface area contributed by atoms with Crippen LogP contribution >= 0.6 is 11.3 Å². The number of carbonyl (C=O) groups excluding carboxylic acids is 1. The van der Waals surface area contributed by atoms with Crippen LogP contribution in [-0.4, -0.2) is 48.8 Å². The van der Waals surface area contributed by atoms with E-state index in [2.05, 4.69) is 10.3 Å². The number of benzene rings is 2. The third-order valence-electron chi connectivity index (χ3n) is 3.96. The van der Waals surface area contributed by atoms with Gasteiger partial charge in [-0.3, -0.25) is 9.59 Å². The summed E-state index contributed by atoms with van der Waals surface area (Å²) < 4.78 is 10.8. The predicted octanol–water partition coefficient (Wildman–Crippen LogP) is 2.73. The number of methoxy groups -OCH3 is 1. The third-order valence-corrected chi connectivity index (χ3v) is 4.90. The molecular weight excluding hydrogens is 380 g/mol. The Hall–Kier alpha value is -2.97. The number of aromatic nitrogens is 1. The maximum absolute atomic E-state index is 11.8. The number of carbonyl (C=O) groups is 2. The van der Waals surface area contributed by atoms with Gasteiger partial charge in [0, 0.05) is 23.4 Å². The van der Waals surface area contributed by atoms with E-state index < -0.39 is 12.5 Å². The second kappa shape index (κ2) is 9.29. The summed E-state index contributed by atoms with van der Waals surface area (Å²) in [7, 11) is 1.63. The Balaban J connectivity index is 1.78. The number of hydrogen-bond donors (Lipinski definition) is 2. The van der Waals surface area contributed by atoms with Crippen molar-refractivity contribution >= 4 is 34.0 Å². The van der Waals surface area contributed by atoms with Crippen LogP contribution in [-0.2, 0) is 20.7 Å². The molecule has 0 unspecified atom stereocenters. The highest BCUT2D eigenvalue weighted by molar-refractivity contribution is 7.13. The standard InChI is InChI=1S/C20H20N2O5S/c1-26-7-8-27-17-4-2-3-13-5-6-14(9-16(13)17)20-22-15(12-28-20)10-18(23)21-11-19(24)25/h2-6,9,12H,7-8,10-11H2,1H3,(H,21,23)(H,24,25). The van der Waals surface area contributed by atoms with Gasteiger partial charge in [-0.1, -0.05) is 24.3 Å².